The third-order valence-electron chi connectivity index (χ3n) is 5.22. The van der Waals surface area contributed by atoms with Crippen molar-refractivity contribution in [3.8, 4) is 11.5 Å². The molecule has 7 heteroatoms. The molecule has 0 aliphatic carbocycles. The van der Waals surface area contributed by atoms with E-state index in [1.807, 2.05) is 30.9 Å². The van der Waals surface area contributed by atoms with Gasteiger partial charge < -0.3 is 19.7 Å². The van der Waals surface area contributed by atoms with Gasteiger partial charge in [0.1, 0.15) is 11.5 Å². The lowest BCUT2D eigenvalue weighted by molar-refractivity contribution is -0.127. The average molecular weight is 359 g/mol. The van der Waals surface area contributed by atoms with Gasteiger partial charge in [-0.15, -0.1) is 0 Å². The molecule has 26 heavy (non-hydrogen) atoms. The molecule has 3 rings (SSSR count). The Hall–Kier alpha value is -2.70. The highest BCUT2D eigenvalue weighted by Crippen LogP contribution is 2.38. The van der Waals surface area contributed by atoms with E-state index >= 15 is 0 Å². The van der Waals surface area contributed by atoms with Crippen molar-refractivity contribution in [2.75, 3.05) is 27.8 Å². The molecule has 0 saturated heterocycles. The average Bonchev–Trinajstić information content (AvgIpc) is 3.01. The van der Waals surface area contributed by atoms with Gasteiger partial charge in [-0.25, -0.2) is 4.79 Å². The number of nitrogens with one attached hydrogen (secondary N) is 1. The van der Waals surface area contributed by atoms with Crippen LogP contribution in [0.15, 0.2) is 29.5 Å². The molecule has 0 aromatic heterocycles. The predicted molar refractivity (Wildman–Crippen MR) is 97.1 cm³/mol. The minimum atomic E-state index is -0.528. The molecule has 1 N–H and O–H groups in total. The summed E-state index contributed by atoms with van der Waals surface area (Å²) in [6.45, 7) is 4.52. The Morgan fingerprint density at radius 1 is 1.19 bits per heavy atom. The summed E-state index contributed by atoms with van der Waals surface area (Å²) in [6.07, 6.45) is 0.856. The minimum absolute atomic E-state index is 0.0343. The zero-order valence-corrected chi connectivity index (χ0v) is 15.8. The first-order valence-corrected chi connectivity index (χ1v) is 8.72. The molecule has 140 valence electrons. The maximum absolute atomic E-state index is 13.1. The third-order valence-corrected chi connectivity index (χ3v) is 5.22. The quantitative estimate of drug-likeness (QED) is 0.876. The fourth-order valence-electron chi connectivity index (χ4n) is 3.41. The van der Waals surface area contributed by atoms with Crippen LogP contribution in [0.4, 0.5) is 4.79 Å². The number of carbonyl (C=O) groups excluding carboxylic acids is 2. The van der Waals surface area contributed by atoms with Crippen molar-refractivity contribution in [3.05, 3.63) is 35.0 Å². The zero-order chi connectivity index (χ0) is 19.0. The van der Waals surface area contributed by atoms with Crippen LogP contribution in [-0.4, -0.2) is 55.6 Å². The molecule has 0 bridgehead atoms. The Labute approximate surface area is 153 Å². The Kier molecular flexibility index (Phi) is 4.80. The van der Waals surface area contributed by atoms with Gasteiger partial charge in [0.05, 0.1) is 38.1 Å². The maximum Gasteiger partial charge on any atom is 0.322 e. The first-order chi connectivity index (χ1) is 12.4. The molecule has 1 aromatic rings. The van der Waals surface area contributed by atoms with Crippen LogP contribution >= 0.6 is 0 Å². The first kappa shape index (κ1) is 18.1. The van der Waals surface area contributed by atoms with Gasteiger partial charge >= 0.3 is 6.03 Å². The molecule has 3 amide bonds. The van der Waals surface area contributed by atoms with Gasteiger partial charge in [-0.3, -0.25) is 9.69 Å². The standard InChI is InChI=1S/C19H25N3O4/c1-6-11(2)22-10-15-16(18(22)23)17(20-19(24)21(15)3)12-7-13(25-4)9-14(8-12)26-5/h7-9,11,17H,6,10H2,1-5H3,(H,20,24)/t11-,17+/m1/s1. The van der Waals surface area contributed by atoms with Gasteiger partial charge in [-0.1, -0.05) is 6.92 Å². The first-order valence-electron chi connectivity index (χ1n) is 8.72. The lowest BCUT2D eigenvalue weighted by Crippen LogP contribution is -2.45. The maximum atomic E-state index is 13.1. The van der Waals surface area contributed by atoms with Crippen molar-refractivity contribution in [1.29, 1.82) is 0 Å². The van der Waals surface area contributed by atoms with Crippen molar-refractivity contribution < 1.29 is 19.1 Å². The second kappa shape index (κ2) is 6.90. The van der Waals surface area contributed by atoms with Gasteiger partial charge in [-0.2, -0.15) is 0 Å². The van der Waals surface area contributed by atoms with Gasteiger partial charge in [0.25, 0.3) is 5.91 Å². The number of hydrogen-bond acceptors (Lipinski definition) is 4. The molecule has 0 saturated carbocycles. The van der Waals surface area contributed by atoms with E-state index in [0.29, 0.717) is 23.6 Å². The predicted octanol–water partition coefficient (Wildman–Crippen LogP) is 2.29. The number of likely N-dealkylation sites (N-methyl/N-ethyl adjacent to an activating group) is 1. The van der Waals surface area contributed by atoms with E-state index in [4.69, 9.17) is 9.47 Å². The van der Waals surface area contributed by atoms with Gasteiger partial charge in [0.15, 0.2) is 0 Å². The van der Waals surface area contributed by atoms with Crippen LogP contribution in [0.5, 0.6) is 11.5 Å². The number of ether oxygens (including phenoxy) is 2. The van der Waals surface area contributed by atoms with Crippen molar-refractivity contribution in [2.24, 2.45) is 0 Å². The van der Waals surface area contributed by atoms with E-state index in [1.54, 1.807) is 27.3 Å². The third kappa shape index (κ3) is 2.87. The molecule has 2 heterocycles. The van der Waals surface area contributed by atoms with Crippen LogP contribution < -0.4 is 14.8 Å². The largest absolute Gasteiger partial charge is 0.497 e. The number of methoxy groups -OCH3 is 2. The molecule has 0 fully saturated rings. The summed E-state index contributed by atoms with van der Waals surface area (Å²) < 4.78 is 10.7. The van der Waals surface area contributed by atoms with Crippen LogP contribution in [-0.2, 0) is 4.79 Å². The van der Waals surface area contributed by atoms with Crippen molar-refractivity contribution in [3.63, 3.8) is 0 Å². The fourth-order valence-corrected chi connectivity index (χ4v) is 3.41. The lowest BCUT2D eigenvalue weighted by atomic mass is 9.95. The summed E-state index contributed by atoms with van der Waals surface area (Å²) in [5.74, 6) is 1.19. The number of hydrogen-bond donors (Lipinski definition) is 1. The number of benzene rings is 1. The van der Waals surface area contributed by atoms with E-state index in [1.165, 1.54) is 4.90 Å². The summed E-state index contributed by atoms with van der Waals surface area (Å²) in [6, 6.07) is 4.76. The summed E-state index contributed by atoms with van der Waals surface area (Å²) >= 11 is 0. The van der Waals surface area contributed by atoms with E-state index in [-0.39, 0.29) is 18.0 Å². The van der Waals surface area contributed by atoms with E-state index in [0.717, 1.165) is 17.7 Å². The molecule has 2 aliphatic heterocycles. The molecular weight excluding hydrogens is 334 g/mol. The highest BCUT2D eigenvalue weighted by Gasteiger charge is 2.44. The Morgan fingerprint density at radius 3 is 2.35 bits per heavy atom. The van der Waals surface area contributed by atoms with Gasteiger partial charge in [0.2, 0.25) is 0 Å². The SMILES string of the molecule is CC[C@@H](C)N1CC2=C(C1=O)[C@H](c1cc(OC)cc(OC)c1)NC(=O)N2C. The number of rotatable bonds is 5. The molecule has 1 aromatic carbocycles. The van der Waals surface area contributed by atoms with Crippen LogP contribution in [0.2, 0.25) is 0 Å². The fraction of sp³-hybridized carbons (Fsp3) is 0.474. The van der Waals surface area contributed by atoms with Crippen molar-refractivity contribution in [1.82, 2.24) is 15.1 Å². The topological polar surface area (TPSA) is 71.1 Å². The second-order valence-electron chi connectivity index (χ2n) is 6.64. The van der Waals surface area contributed by atoms with Crippen LogP contribution in [0.25, 0.3) is 0 Å². The minimum Gasteiger partial charge on any atom is -0.497 e. The Balaban J connectivity index is 2.07. The summed E-state index contributed by atoms with van der Waals surface area (Å²) in [4.78, 5) is 28.9. The molecule has 0 unspecified atom stereocenters. The normalized spacial score (nSPS) is 20.9. The van der Waals surface area contributed by atoms with Crippen LogP contribution in [0.3, 0.4) is 0 Å². The van der Waals surface area contributed by atoms with Gasteiger partial charge in [0, 0.05) is 19.2 Å². The monoisotopic (exact) mass is 359 g/mol. The van der Waals surface area contributed by atoms with E-state index < -0.39 is 6.04 Å². The van der Waals surface area contributed by atoms with E-state index in [2.05, 4.69) is 5.32 Å². The highest BCUT2D eigenvalue weighted by molar-refractivity contribution is 6.01. The van der Waals surface area contributed by atoms with Crippen LogP contribution in [0, 0.1) is 0 Å². The summed E-state index contributed by atoms with van der Waals surface area (Å²) in [7, 11) is 4.84. The molecule has 0 spiro atoms. The molecule has 2 aliphatic rings. The molecule has 2 atom stereocenters. The highest BCUT2D eigenvalue weighted by atomic mass is 16.5. The van der Waals surface area contributed by atoms with Crippen molar-refractivity contribution in [2.45, 2.75) is 32.4 Å². The molecule has 7 nitrogen and oxygen atoms in total. The zero-order valence-electron chi connectivity index (χ0n) is 15.8. The molecular formula is C19H25N3O4. The molecule has 0 radical (unpaired) electrons. The van der Waals surface area contributed by atoms with Crippen molar-refractivity contribution >= 4 is 11.9 Å². The number of nitrogens with zero attached hydrogens (tertiary/aromatic N) is 2. The smallest absolute Gasteiger partial charge is 0.322 e. The Morgan fingerprint density at radius 2 is 1.81 bits per heavy atom. The van der Waals surface area contributed by atoms with Gasteiger partial charge in [-0.05, 0) is 31.0 Å². The Bertz CT molecular complexity index is 752. The lowest BCUT2D eigenvalue weighted by Gasteiger charge is -2.31. The second-order valence-corrected chi connectivity index (χ2v) is 6.64. The van der Waals surface area contributed by atoms with Crippen LogP contribution in [0.1, 0.15) is 31.9 Å². The number of urea groups is 1. The number of carbonyl (C=O) groups is 2. The van der Waals surface area contributed by atoms with E-state index in [9.17, 15) is 9.59 Å². The summed E-state index contributed by atoms with van der Waals surface area (Å²) in [5, 5.41) is 2.93. The number of amides is 3. The summed E-state index contributed by atoms with van der Waals surface area (Å²) in [5.41, 5.74) is 2.13.